The summed E-state index contributed by atoms with van der Waals surface area (Å²) in [5.74, 6) is 0. The molecule has 1 aliphatic heterocycles. The Balaban J connectivity index is 2.14. The van der Waals surface area contributed by atoms with Crippen molar-refractivity contribution in [2.75, 3.05) is 6.61 Å². The quantitative estimate of drug-likeness (QED) is 0.815. The molecule has 76 valence electrons. The first-order valence-electron chi connectivity index (χ1n) is 4.68. The smallest absolute Gasteiger partial charge is 0.121 e. The van der Waals surface area contributed by atoms with Gasteiger partial charge in [0, 0.05) is 5.38 Å². The topological polar surface area (TPSA) is 42.4 Å². The second kappa shape index (κ2) is 4.11. The number of rotatable bonds is 2. The average molecular weight is 211 g/mol. The molecule has 1 atom stereocenters. The van der Waals surface area contributed by atoms with Crippen LogP contribution in [0, 0.1) is 6.92 Å². The van der Waals surface area contributed by atoms with E-state index in [0.29, 0.717) is 0 Å². The Morgan fingerprint density at radius 3 is 3.07 bits per heavy atom. The van der Waals surface area contributed by atoms with Gasteiger partial charge in [-0.15, -0.1) is 11.3 Å². The van der Waals surface area contributed by atoms with Gasteiger partial charge < -0.3 is 9.84 Å². The highest BCUT2D eigenvalue weighted by Crippen LogP contribution is 2.27. The minimum absolute atomic E-state index is 0.583. The molecular weight excluding hydrogens is 198 g/mol. The van der Waals surface area contributed by atoms with Crippen molar-refractivity contribution in [2.45, 2.75) is 25.9 Å². The summed E-state index contributed by atoms with van der Waals surface area (Å²) >= 11 is 1.56. The van der Waals surface area contributed by atoms with E-state index in [1.807, 2.05) is 12.3 Å². The van der Waals surface area contributed by atoms with E-state index in [0.717, 1.165) is 35.7 Å². The lowest BCUT2D eigenvalue weighted by atomic mass is 10.0. The van der Waals surface area contributed by atoms with Gasteiger partial charge in [0.1, 0.15) is 6.10 Å². The molecular formula is C10H13NO2S. The van der Waals surface area contributed by atoms with Gasteiger partial charge in [0.15, 0.2) is 0 Å². The maximum absolute atomic E-state index is 9.95. The molecule has 1 aliphatic rings. The maximum Gasteiger partial charge on any atom is 0.121 e. The highest BCUT2D eigenvalue weighted by Gasteiger charge is 2.18. The highest BCUT2D eigenvalue weighted by molar-refractivity contribution is 7.09. The third-order valence-corrected chi connectivity index (χ3v) is 3.02. The number of hydrogen-bond acceptors (Lipinski definition) is 4. The molecule has 0 aliphatic carbocycles. The van der Waals surface area contributed by atoms with E-state index in [1.54, 1.807) is 17.6 Å². The molecule has 1 aromatic rings. The van der Waals surface area contributed by atoms with Crippen LogP contribution in [-0.2, 0) is 4.74 Å². The molecule has 0 saturated heterocycles. The third-order valence-electron chi connectivity index (χ3n) is 2.23. The van der Waals surface area contributed by atoms with Crippen LogP contribution < -0.4 is 0 Å². The van der Waals surface area contributed by atoms with Crippen LogP contribution in [0.15, 0.2) is 17.2 Å². The lowest BCUT2D eigenvalue weighted by Gasteiger charge is -2.17. The summed E-state index contributed by atoms with van der Waals surface area (Å²) in [6.07, 6.45) is 2.97. The molecule has 0 aromatic carbocycles. The summed E-state index contributed by atoms with van der Waals surface area (Å²) in [5, 5.41) is 12.8. The Kier molecular flexibility index (Phi) is 2.84. The highest BCUT2D eigenvalue weighted by atomic mass is 32.1. The number of ether oxygens (including phenoxy) is 1. The lowest BCUT2D eigenvalue weighted by molar-refractivity contribution is 0.168. The molecule has 0 bridgehead atoms. The zero-order valence-electron chi connectivity index (χ0n) is 8.06. The largest absolute Gasteiger partial charge is 0.501 e. The van der Waals surface area contributed by atoms with Crippen molar-refractivity contribution in [3.8, 4) is 0 Å². The summed E-state index contributed by atoms with van der Waals surface area (Å²) in [5.41, 5.74) is 1.67. The molecule has 0 saturated carbocycles. The van der Waals surface area contributed by atoms with E-state index in [2.05, 4.69) is 4.98 Å². The van der Waals surface area contributed by atoms with Crippen molar-refractivity contribution < 1.29 is 9.84 Å². The van der Waals surface area contributed by atoms with Gasteiger partial charge in [0.25, 0.3) is 0 Å². The molecule has 2 rings (SSSR count). The van der Waals surface area contributed by atoms with Crippen LogP contribution in [0.1, 0.15) is 29.6 Å². The van der Waals surface area contributed by atoms with E-state index in [-0.39, 0.29) is 0 Å². The van der Waals surface area contributed by atoms with E-state index in [9.17, 15) is 5.11 Å². The molecule has 0 amide bonds. The van der Waals surface area contributed by atoms with Crippen molar-refractivity contribution >= 4 is 11.3 Å². The molecule has 3 nitrogen and oxygen atoms in total. The SMILES string of the molecule is Cc1nc(C(O)C2=COCCC2)cs1. The number of aryl methyl sites for hydroxylation is 1. The molecule has 4 heteroatoms. The van der Waals surface area contributed by atoms with E-state index >= 15 is 0 Å². The summed E-state index contributed by atoms with van der Waals surface area (Å²) in [7, 11) is 0. The molecule has 1 unspecified atom stereocenters. The van der Waals surface area contributed by atoms with Gasteiger partial charge >= 0.3 is 0 Å². The second-order valence-corrected chi connectivity index (χ2v) is 4.42. The van der Waals surface area contributed by atoms with Gasteiger partial charge in [0.05, 0.1) is 23.6 Å². The molecule has 1 N–H and O–H groups in total. The summed E-state index contributed by atoms with van der Waals surface area (Å²) in [4.78, 5) is 4.26. The number of nitrogens with zero attached hydrogens (tertiary/aromatic N) is 1. The number of aliphatic hydroxyl groups is 1. The van der Waals surface area contributed by atoms with Gasteiger partial charge in [0.2, 0.25) is 0 Å². The first-order chi connectivity index (χ1) is 6.77. The minimum atomic E-state index is -0.583. The number of hydrogen-bond donors (Lipinski definition) is 1. The monoisotopic (exact) mass is 211 g/mol. The van der Waals surface area contributed by atoms with E-state index in [1.165, 1.54) is 0 Å². The van der Waals surface area contributed by atoms with Crippen molar-refractivity contribution in [2.24, 2.45) is 0 Å². The van der Waals surface area contributed by atoms with Crippen molar-refractivity contribution in [1.29, 1.82) is 0 Å². The average Bonchev–Trinajstić information content (AvgIpc) is 2.65. The normalized spacial score (nSPS) is 18.6. The Labute approximate surface area is 87.1 Å². The van der Waals surface area contributed by atoms with Crippen LogP contribution in [0.2, 0.25) is 0 Å². The van der Waals surface area contributed by atoms with Crippen LogP contribution in [0.3, 0.4) is 0 Å². The molecule has 2 heterocycles. The van der Waals surface area contributed by atoms with Gasteiger partial charge in [-0.2, -0.15) is 0 Å². The summed E-state index contributed by atoms with van der Waals surface area (Å²) in [6, 6.07) is 0. The Morgan fingerprint density at radius 2 is 2.50 bits per heavy atom. The van der Waals surface area contributed by atoms with Crippen LogP contribution in [0.25, 0.3) is 0 Å². The van der Waals surface area contributed by atoms with Crippen molar-refractivity contribution in [3.05, 3.63) is 27.9 Å². The molecule has 0 radical (unpaired) electrons. The molecule has 0 fully saturated rings. The molecule has 1 aromatic heterocycles. The standard InChI is InChI=1S/C10H13NO2S/c1-7-11-9(6-14-7)10(12)8-3-2-4-13-5-8/h5-6,10,12H,2-4H2,1H3. The Morgan fingerprint density at radius 1 is 1.64 bits per heavy atom. The van der Waals surface area contributed by atoms with Crippen LogP contribution in [-0.4, -0.2) is 16.7 Å². The van der Waals surface area contributed by atoms with E-state index in [4.69, 9.17) is 4.74 Å². The fourth-order valence-electron chi connectivity index (χ4n) is 1.48. The summed E-state index contributed by atoms with van der Waals surface area (Å²) < 4.78 is 5.19. The van der Waals surface area contributed by atoms with Crippen molar-refractivity contribution in [1.82, 2.24) is 4.98 Å². The van der Waals surface area contributed by atoms with Gasteiger partial charge in [-0.3, -0.25) is 0 Å². The fourth-order valence-corrected chi connectivity index (χ4v) is 2.11. The fraction of sp³-hybridized carbons (Fsp3) is 0.500. The summed E-state index contributed by atoms with van der Waals surface area (Å²) in [6.45, 7) is 2.69. The van der Waals surface area contributed by atoms with Crippen molar-refractivity contribution in [3.63, 3.8) is 0 Å². The first-order valence-corrected chi connectivity index (χ1v) is 5.56. The zero-order valence-corrected chi connectivity index (χ0v) is 8.88. The number of aliphatic hydroxyl groups excluding tert-OH is 1. The minimum Gasteiger partial charge on any atom is -0.501 e. The lowest BCUT2D eigenvalue weighted by Crippen LogP contribution is -2.08. The molecule has 14 heavy (non-hydrogen) atoms. The van der Waals surface area contributed by atoms with Gasteiger partial charge in [-0.25, -0.2) is 4.98 Å². The van der Waals surface area contributed by atoms with Crippen LogP contribution >= 0.6 is 11.3 Å². The number of thiazole rings is 1. The molecule has 0 spiro atoms. The maximum atomic E-state index is 9.95. The predicted octanol–water partition coefficient (Wildman–Crippen LogP) is 2.18. The van der Waals surface area contributed by atoms with Gasteiger partial charge in [-0.1, -0.05) is 0 Å². The van der Waals surface area contributed by atoms with Crippen LogP contribution in [0.4, 0.5) is 0 Å². The predicted molar refractivity (Wildman–Crippen MR) is 55.1 cm³/mol. The van der Waals surface area contributed by atoms with Crippen LogP contribution in [0.5, 0.6) is 0 Å². The Bertz CT molecular complexity index is 346. The second-order valence-electron chi connectivity index (χ2n) is 3.36. The Hall–Kier alpha value is -0.870. The first kappa shape index (κ1) is 9.68. The van der Waals surface area contributed by atoms with E-state index < -0.39 is 6.10 Å². The number of aromatic nitrogens is 1. The van der Waals surface area contributed by atoms with Gasteiger partial charge in [-0.05, 0) is 25.3 Å². The third kappa shape index (κ3) is 1.96. The zero-order chi connectivity index (χ0) is 9.97.